The second-order valence-corrected chi connectivity index (χ2v) is 10.2. The summed E-state index contributed by atoms with van der Waals surface area (Å²) in [6.07, 6.45) is 7.15. The van der Waals surface area contributed by atoms with Crippen LogP contribution in [0.2, 0.25) is 0 Å². The Labute approximate surface area is 194 Å². The van der Waals surface area contributed by atoms with Gasteiger partial charge in [0.25, 0.3) is 0 Å². The number of para-hydroxylation sites is 1. The summed E-state index contributed by atoms with van der Waals surface area (Å²) < 4.78 is 29.9. The summed E-state index contributed by atoms with van der Waals surface area (Å²) in [4.78, 5) is 14.0. The van der Waals surface area contributed by atoms with Crippen LogP contribution in [0, 0.1) is 0 Å². The number of aliphatic carboxylic acids is 1. The van der Waals surface area contributed by atoms with Gasteiger partial charge in [-0.1, -0.05) is 24.3 Å². The van der Waals surface area contributed by atoms with Gasteiger partial charge in [-0.2, -0.15) is 0 Å². The van der Waals surface area contributed by atoms with Crippen molar-refractivity contribution in [1.82, 2.24) is 4.31 Å². The minimum absolute atomic E-state index is 0.139. The molecule has 172 valence electrons. The predicted octanol–water partition coefficient (Wildman–Crippen LogP) is 5.83. The van der Waals surface area contributed by atoms with Gasteiger partial charge in [-0.25, -0.2) is 9.10 Å². The van der Waals surface area contributed by atoms with Crippen molar-refractivity contribution < 1.29 is 23.7 Å². The lowest BCUT2D eigenvalue weighted by atomic mass is 10.1. The molecule has 3 rings (SSSR count). The number of fused-ring (bicyclic) bond motifs is 1. The number of likely N-dealkylation sites (N-methyl/N-ethyl adjacent to an activating group) is 1. The van der Waals surface area contributed by atoms with Gasteiger partial charge >= 0.3 is 5.97 Å². The van der Waals surface area contributed by atoms with Crippen LogP contribution in [0.5, 0.6) is 5.75 Å². The third kappa shape index (κ3) is 5.13. The van der Waals surface area contributed by atoms with Crippen molar-refractivity contribution in [2.75, 3.05) is 24.7 Å². The Morgan fingerprint density at radius 1 is 1.31 bits per heavy atom. The molecule has 0 radical (unpaired) electrons. The number of carboxylic acids is 1. The summed E-state index contributed by atoms with van der Waals surface area (Å²) in [6, 6.07) is 13.2. The summed E-state index contributed by atoms with van der Waals surface area (Å²) in [6.45, 7) is 4.36. The molecule has 9 heteroatoms. The van der Waals surface area contributed by atoms with E-state index in [1.165, 1.54) is 11.8 Å². The number of anilines is 2. The van der Waals surface area contributed by atoms with Crippen LogP contribution in [0.3, 0.4) is 0 Å². The highest BCUT2D eigenvalue weighted by Gasteiger charge is 2.37. The molecule has 3 N–H and O–H groups in total. The fourth-order valence-electron chi connectivity index (χ4n) is 3.60. The van der Waals surface area contributed by atoms with Gasteiger partial charge in [-0.15, -0.1) is 29.1 Å². The Bertz CT molecular complexity index is 997. The standard InChI is InChI=1S/C23H28N2O5S2/c1-4-5-9-18-16-25(17-10-7-6-8-11-17)19-14-21(31-3)20(30-13-12-23(26)27)15-22(19)32(28,29)24(18)2/h4,6-8,10-15,18,28-29H,1,5,9,16H2,2-3H3,(H,26,27)/b13-12+. The quantitative estimate of drug-likeness (QED) is 0.190. The van der Waals surface area contributed by atoms with Crippen LogP contribution in [-0.2, 0) is 4.79 Å². The van der Waals surface area contributed by atoms with Crippen molar-refractivity contribution in [2.45, 2.75) is 28.7 Å². The maximum Gasteiger partial charge on any atom is 0.331 e. The molecule has 0 fully saturated rings. The zero-order chi connectivity index (χ0) is 23.3. The lowest BCUT2D eigenvalue weighted by Crippen LogP contribution is -2.39. The molecular weight excluding hydrogens is 448 g/mol. The molecule has 1 aliphatic rings. The normalized spacial score (nSPS) is 19.2. The number of thioether (sulfide) groups is 1. The van der Waals surface area contributed by atoms with E-state index in [9.17, 15) is 13.9 Å². The zero-order valence-corrected chi connectivity index (χ0v) is 19.7. The molecule has 32 heavy (non-hydrogen) atoms. The van der Waals surface area contributed by atoms with Gasteiger partial charge in [-0.05, 0) is 37.3 Å². The molecule has 1 atom stereocenters. The first-order valence-electron chi connectivity index (χ1n) is 10.0. The third-order valence-electron chi connectivity index (χ3n) is 5.32. The molecule has 1 heterocycles. The summed E-state index contributed by atoms with van der Waals surface area (Å²) >= 11 is 1.43. The first kappa shape index (κ1) is 24.2. The van der Waals surface area contributed by atoms with Crippen LogP contribution < -0.4 is 9.64 Å². The van der Waals surface area contributed by atoms with E-state index in [1.807, 2.05) is 48.7 Å². The zero-order valence-electron chi connectivity index (χ0n) is 18.0. The van der Waals surface area contributed by atoms with Gasteiger partial charge in [0.15, 0.2) is 0 Å². The fourth-order valence-corrected chi connectivity index (χ4v) is 5.75. The van der Waals surface area contributed by atoms with Gasteiger partial charge in [-0.3, -0.25) is 9.11 Å². The van der Waals surface area contributed by atoms with Gasteiger partial charge in [0.1, 0.15) is 10.6 Å². The number of benzene rings is 2. The smallest absolute Gasteiger partial charge is 0.331 e. The Morgan fingerprint density at radius 2 is 2.03 bits per heavy atom. The van der Waals surface area contributed by atoms with Gasteiger partial charge in [0.05, 0.1) is 22.9 Å². The van der Waals surface area contributed by atoms with Gasteiger partial charge in [0.2, 0.25) is 0 Å². The van der Waals surface area contributed by atoms with Crippen molar-refractivity contribution in [3.63, 3.8) is 0 Å². The van der Waals surface area contributed by atoms with Crippen molar-refractivity contribution in [3.05, 3.63) is 67.5 Å². The lowest BCUT2D eigenvalue weighted by molar-refractivity contribution is -0.131. The highest BCUT2D eigenvalue weighted by Crippen LogP contribution is 2.60. The van der Waals surface area contributed by atoms with Crippen molar-refractivity contribution in [3.8, 4) is 5.75 Å². The van der Waals surface area contributed by atoms with Crippen LogP contribution in [0.1, 0.15) is 12.8 Å². The van der Waals surface area contributed by atoms with Crippen LogP contribution >= 0.6 is 22.5 Å². The largest absolute Gasteiger partial charge is 0.478 e. The topological polar surface area (TPSA) is 93.5 Å². The molecule has 0 saturated heterocycles. The van der Waals surface area contributed by atoms with Crippen LogP contribution in [0.4, 0.5) is 11.4 Å². The van der Waals surface area contributed by atoms with Gasteiger partial charge in [0, 0.05) is 31.4 Å². The Kier molecular flexibility index (Phi) is 7.91. The summed E-state index contributed by atoms with van der Waals surface area (Å²) in [5.74, 6) is -0.769. The average molecular weight is 477 g/mol. The molecule has 0 saturated carbocycles. The Hall–Kier alpha value is -2.43. The summed E-state index contributed by atoms with van der Waals surface area (Å²) in [5.41, 5.74) is 1.62. The number of nitrogens with zero attached hydrogens (tertiary/aromatic N) is 2. The minimum Gasteiger partial charge on any atom is -0.478 e. The highest BCUT2D eigenvalue weighted by molar-refractivity contribution is 8.22. The molecule has 0 amide bonds. The van der Waals surface area contributed by atoms with Crippen LogP contribution in [-0.4, -0.2) is 50.4 Å². The van der Waals surface area contributed by atoms with E-state index in [1.54, 1.807) is 17.4 Å². The second-order valence-electron chi connectivity index (χ2n) is 7.26. The molecule has 1 aliphatic heterocycles. The minimum atomic E-state index is -3.34. The molecule has 0 aromatic heterocycles. The van der Waals surface area contributed by atoms with Crippen molar-refractivity contribution in [2.24, 2.45) is 0 Å². The fraction of sp³-hybridized carbons (Fsp3) is 0.261. The van der Waals surface area contributed by atoms with Gasteiger partial charge < -0.3 is 14.7 Å². The van der Waals surface area contributed by atoms with Crippen molar-refractivity contribution in [1.29, 1.82) is 0 Å². The molecule has 0 bridgehead atoms. The number of hydrogen-bond donors (Lipinski definition) is 3. The van der Waals surface area contributed by atoms with Crippen LogP contribution in [0.15, 0.2) is 77.2 Å². The SMILES string of the molecule is C=CCCC1CN(c2ccccc2)c2cc(SC)c(O/C=C/C(=O)O)cc2S(O)(O)N1C. The maximum atomic E-state index is 11.3. The van der Waals surface area contributed by atoms with E-state index in [-0.39, 0.29) is 6.04 Å². The third-order valence-corrected chi connectivity index (χ3v) is 8.09. The van der Waals surface area contributed by atoms with E-state index < -0.39 is 16.7 Å². The monoisotopic (exact) mass is 476 g/mol. The summed E-state index contributed by atoms with van der Waals surface area (Å²) in [7, 11) is -1.62. The second kappa shape index (κ2) is 10.5. The number of ether oxygens (including phenoxy) is 1. The number of hydrogen-bond acceptors (Lipinski definition) is 7. The molecule has 1 unspecified atom stereocenters. The molecule has 0 spiro atoms. The number of allylic oxidation sites excluding steroid dienone is 1. The molecule has 2 aromatic carbocycles. The van der Waals surface area contributed by atoms with E-state index in [0.717, 1.165) is 29.3 Å². The van der Waals surface area contributed by atoms with E-state index in [2.05, 4.69) is 11.5 Å². The number of rotatable bonds is 8. The first-order chi connectivity index (χ1) is 15.3. The van der Waals surface area contributed by atoms with Crippen LogP contribution in [0.25, 0.3) is 0 Å². The average Bonchev–Trinajstić information content (AvgIpc) is 2.86. The Balaban J connectivity index is 2.18. The molecule has 2 aromatic rings. The molecule has 0 aliphatic carbocycles. The molecular formula is C23H28N2O5S2. The van der Waals surface area contributed by atoms with Crippen molar-refractivity contribution >= 4 is 39.9 Å². The summed E-state index contributed by atoms with van der Waals surface area (Å²) in [5, 5.41) is 8.86. The predicted molar refractivity (Wildman–Crippen MR) is 131 cm³/mol. The van der Waals surface area contributed by atoms with E-state index >= 15 is 0 Å². The first-order valence-corrected chi connectivity index (χ1v) is 12.7. The lowest BCUT2D eigenvalue weighted by Gasteiger charge is -2.43. The molecule has 7 nitrogen and oxygen atoms in total. The Morgan fingerprint density at radius 3 is 2.66 bits per heavy atom. The number of carboxylic acid groups (broad SMARTS) is 1. The highest BCUT2D eigenvalue weighted by atomic mass is 32.3. The van der Waals surface area contributed by atoms with E-state index in [4.69, 9.17) is 9.84 Å². The number of carbonyl (C=O) groups is 1. The van der Waals surface area contributed by atoms with E-state index in [0.29, 0.717) is 29.3 Å². The maximum absolute atomic E-state index is 11.3.